The zero-order chi connectivity index (χ0) is 8.43. The zero-order valence-electron chi connectivity index (χ0n) is 5.84. The van der Waals surface area contributed by atoms with Crippen molar-refractivity contribution in [1.29, 1.82) is 0 Å². The van der Waals surface area contributed by atoms with Crippen molar-refractivity contribution in [3.05, 3.63) is 29.3 Å². The predicted molar refractivity (Wildman–Crippen MR) is 35.9 cm³/mol. The second kappa shape index (κ2) is 2.65. The molecule has 1 N–H and O–H groups in total. The molecule has 1 rings (SSSR count). The fourth-order valence-electron chi connectivity index (χ4n) is 0.782. The number of aromatic carboxylic acids is 1. The van der Waals surface area contributed by atoms with E-state index < -0.39 is 11.9 Å². The average Bonchev–Trinajstić information content (AvgIpc) is 1.85. The molecule has 0 saturated carbocycles. The third-order valence-corrected chi connectivity index (χ3v) is 1.33. The summed E-state index contributed by atoms with van der Waals surface area (Å²) < 4.78 is 12.6. The van der Waals surface area contributed by atoms with Gasteiger partial charge >= 0.3 is 5.97 Å². The Kier molecular flexibility index (Phi) is 1.85. The van der Waals surface area contributed by atoms with Gasteiger partial charge in [0.2, 0.25) is 5.95 Å². The Labute approximate surface area is 62.5 Å². The van der Waals surface area contributed by atoms with Crippen molar-refractivity contribution in [3.8, 4) is 0 Å². The third-order valence-electron chi connectivity index (χ3n) is 1.33. The third kappa shape index (κ3) is 1.34. The van der Waals surface area contributed by atoms with Crippen LogP contribution in [0.15, 0.2) is 12.3 Å². The fraction of sp³-hybridized carbons (Fsp3) is 0.143. The number of aryl methyl sites for hydroxylation is 1. The summed E-state index contributed by atoms with van der Waals surface area (Å²) in [4.78, 5) is 13.6. The van der Waals surface area contributed by atoms with E-state index in [1.807, 2.05) is 0 Å². The summed E-state index contributed by atoms with van der Waals surface area (Å²) in [5, 5.41) is 8.47. The van der Waals surface area contributed by atoms with Gasteiger partial charge in [-0.2, -0.15) is 4.39 Å². The van der Waals surface area contributed by atoms with E-state index in [-0.39, 0.29) is 5.56 Å². The summed E-state index contributed by atoms with van der Waals surface area (Å²) in [6, 6.07) is 1.45. The van der Waals surface area contributed by atoms with Crippen LogP contribution in [0, 0.1) is 12.9 Å². The first-order chi connectivity index (χ1) is 5.13. The lowest BCUT2D eigenvalue weighted by molar-refractivity contribution is 0.0690. The lowest BCUT2D eigenvalue weighted by Gasteiger charge is -1.98. The summed E-state index contributed by atoms with van der Waals surface area (Å²) in [6.45, 7) is 1.52. The largest absolute Gasteiger partial charge is 0.478 e. The van der Waals surface area contributed by atoms with Crippen LogP contribution in [-0.2, 0) is 0 Å². The van der Waals surface area contributed by atoms with Crippen LogP contribution in [0.2, 0.25) is 0 Å². The standard InChI is InChI=1S/C7H6FNO2/c1-4-2-3-9-6(8)5(4)7(10)11/h2-3H,1H3,(H,10,11). The van der Waals surface area contributed by atoms with Gasteiger partial charge in [0.25, 0.3) is 0 Å². The van der Waals surface area contributed by atoms with Gasteiger partial charge in [0.05, 0.1) is 0 Å². The van der Waals surface area contributed by atoms with E-state index in [4.69, 9.17) is 5.11 Å². The van der Waals surface area contributed by atoms with Crippen molar-refractivity contribution < 1.29 is 14.3 Å². The van der Waals surface area contributed by atoms with E-state index in [2.05, 4.69) is 4.98 Å². The van der Waals surface area contributed by atoms with Crippen molar-refractivity contribution in [2.24, 2.45) is 0 Å². The molecule has 58 valence electrons. The summed E-state index contributed by atoms with van der Waals surface area (Å²) in [6.07, 6.45) is 1.23. The minimum atomic E-state index is -1.28. The number of carboxylic acids is 1. The van der Waals surface area contributed by atoms with E-state index in [0.29, 0.717) is 5.56 Å². The summed E-state index contributed by atoms with van der Waals surface area (Å²) in [5.74, 6) is -2.22. The van der Waals surface area contributed by atoms with Crippen LogP contribution in [0.5, 0.6) is 0 Å². The first-order valence-electron chi connectivity index (χ1n) is 2.97. The molecule has 0 aliphatic rings. The Morgan fingerprint density at radius 1 is 1.73 bits per heavy atom. The van der Waals surface area contributed by atoms with Crippen molar-refractivity contribution >= 4 is 5.97 Å². The summed E-state index contributed by atoms with van der Waals surface area (Å²) >= 11 is 0. The molecule has 0 atom stereocenters. The number of hydrogen-bond donors (Lipinski definition) is 1. The quantitative estimate of drug-likeness (QED) is 0.620. The summed E-state index contributed by atoms with van der Waals surface area (Å²) in [7, 11) is 0. The lowest BCUT2D eigenvalue weighted by atomic mass is 10.1. The van der Waals surface area contributed by atoms with Crippen LogP contribution in [-0.4, -0.2) is 16.1 Å². The number of rotatable bonds is 1. The molecule has 0 aromatic carbocycles. The van der Waals surface area contributed by atoms with E-state index in [1.165, 1.54) is 19.2 Å². The Morgan fingerprint density at radius 2 is 2.36 bits per heavy atom. The fourth-order valence-corrected chi connectivity index (χ4v) is 0.782. The van der Waals surface area contributed by atoms with Crippen LogP contribution in [0.4, 0.5) is 4.39 Å². The molecule has 1 heterocycles. The number of carbonyl (C=O) groups is 1. The smallest absolute Gasteiger partial charge is 0.340 e. The van der Waals surface area contributed by atoms with Crippen molar-refractivity contribution in [2.45, 2.75) is 6.92 Å². The van der Waals surface area contributed by atoms with Crippen LogP contribution in [0.1, 0.15) is 15.9 Å². The Bertz CT molecular complexity index is 278. The summed E-state index contributed by atoms with van der Waals surface area (Å²) in [5.41, 5.74) is 0.0255. The minimum absolute atomic E-state index is 0.354. The molecule has 3 nitrogen and oxygen atoms in total. The van der Waals surface area contributed by atoms with E-state index in [9.17, 15) is 9.18 Å². The van der Waals surface area contributed by atoms with Gasteiger partial charge in [-0.3, -0.25) is 0 Å². The molecule has 0 aliphatic carbocycles. The Morgan fingerprint density at radius 3 is 2.73 bits per heavy atom. The molecular formula is C7H6FNO2. The second-order valence-electron chi connectivity index (χ2n) is 2.10. The average molecular weight is 155 g/mol. The molecule has 0 bridgehead atoms. The molecule has 0 unspecified atom stereocenters. The number of nitrogens with zero attached hydrogens (tertiary/aromatic N) is 1. The van der Waals surface area contributed by atoms with Crippen LogP contribution in [0.3, 0.4) is 0 Å². The maximum absolute atomic E-state index is 12.6. The number of aromatic nitrogens is 1. The van der Waals surface area contributed by atoms with Gasteiger partial charge in [0.15, 0.2) is 0 Å². The van der Waals surface area contributed by atoms with Gasteiger partial charge in [-0.25, -0.2) is 9.78 Å². The minimum Gasteiger partial charge on any atom is -0.478 e. The van der Waals surface area contributed by atoms with Crippen molar-refractivity contribution in [3.63, 3.8) is 0 Å². The van der Waals surface area contributed by atoms with Crippen LogP contribution < -0.4 is 0 Å². The molecule has 1 aromatic rings. The highest BCUT2D eigenvalue weighted by molar-refractivity contribution is 5.89. The van der Waals surface area contributed by atoms with E-state index in [1.54, 1.807) is 0 Å². The number of halogens is 1. The number of hydrogen-bond acceptors (Lipinski definition) is 2. The molecule has 0 amide bonds. The van der Waals surface area contributed by atoms with Gasteiger partial charge < -0.3 is 5.11 Å². The monoisotopic (exact) mass is 155 g/mol. The van der Waals surface area contributed by atoms with Gasteiger partial charge in [0.1, 0.15) is 5.56 Å². The highest BCUT2D eigenvalue weighted by Crippen LogP contribution is 2.08. The molecule has 0 aliphatic heterocycles. The first-order valence-corrected chi connectivity index (χ1v) is 2.97. The molecule has 4 heteroatoms. The maximum Gasteiger partial charge on any atom is 0.340 e. The number of carboxylic acid groups (broad SMARTS) is 1. The van der Waals surface area contributed by atoms with Gasteiger partial charge in [0, 0.05) is 6.20 Å². The maximum atomic E-state index is 12.6. The van der Waals surface area contributed by atoms with Gasteiger partial charge in [-0.15, -0.1) is 0 Å². The molecule has 0 spiro atoms. The Balaban J connectivity index is 3.32. The number of pyridine rings is 1. The highest BCUT2D eigenvalue weighted by atomic mass is 19.1. The van der Waals surface area contributed by atoms with E-state index >= 15 is 0 Å². The molecule has 1 aromatic heterocycles. The molecule has 0 fully saturated rings. The van der Waals surface area contributed by atoms with Crippen molar-refractivity contribution in [2.75, 3.05) is 0 Å². The Hall–Kier alpha value is -1.45. The SMILES string of the molecule is Cc1ccnc(F)c1C(=O)O. The first kappa shape index (κ1) is 7.65. The zero-order valence-corrected chi connectivity index (χ0v) is 5.84. The predicted octanol–water partition coefficient (Wildman–Crippen LogP) is 1.23. The second-order valence-corrected chi connectivity index (χ2v) is 2.10. The molecule has 11 heavy (non-hydrogen) atoms. The topological polar surface area (TPSA) is 50.2 Å². The normalized spacial score (nSPS) is 9.64. The van der Waals surface area contributed by atoms with Crippen LogP contribution in [0.25, 0.3) is 0 Å². The van der Waals surface area contributed by atoms with Crippen LogP contribution >= 0.6 is 0 Å². The van der Waals surface area contributed by atoms with Crippen molar-refractivity contribution in [1.82, 2.24) is 4.98 Å². The van der Waals surface area contributed by atoms with Gasteiger partial charge in [-0.1, -0.05) is 0 Å². The van der Waals surface area contributed by atoms with Gasteiger partial charge in [-0.05, 0) is 18.6 Å². The molecule has 0 saturated heterocycles. The lowest BCUT2D eigenvalue weighted by Crippen LogP contribution is -2.04. The highest BCUT2D eigenvalue weighted by Gasteiger charge is 2.13. The van der Waals surface area contributed by atoms with E-state index in [0.717, 1.165) is 0 Å². The molecule has 0 radical (unpaired) electrons. The molecular weight excluding hydrogens is 149 g/mol.